The highest BCUT2D eigenvalue weighted by Gasteiger charge is 2.43. The van der Waals surface area contributed by atoms with Crippen LogP contribution in [-0.4, -0.2) is 30.9 Å². The highest BCUT2D eigenvalue weighted by atomic mass is 16.8. The van der Waals surface area contributed by atoms with Gasteiger partial charge in [0.1, 0.15) is 13.2 Å². The van der Waals surface area contributed by atoms with E-state index in [0.717, 1.165) is 6.42 Å². The molecule has 1 fully saturated rings. The van der Waals surface area contributed by atoms with Crippen molar-refractivity contribution in [3.63, 3.8) is 0 Å². The van der Waals surface area contributed by atoms with E-state index in [0.29, 0.717) is 12.0 Å². The smallest absolute Gasteiger partial charge is 0.458 e. The minimum atomic E-state index is -0.822. The minimum Gasteiger partial charge on any atom is -0.458 e. The monoisotopic (exact) mass is 228 g/mol. The summed E-state index contributed by atoms with van der Waals surface area (Å²) >= 11 is 0. The molecule has 5 heteroatoms. The van der Waals surface area contributed by atoms with Gasteiger partial charge < -0.3 is 14.2 Å². The van der Waals surface area contributed by atoms with Crippen LogP contribution in [0.1, 0.15) is 26.7 Å². The molecule has 16 heavy (non-hydrogen) atoms. The van der Waals surface area contributed by atoms with E-state index in [1.165, 1.54) is 0 Å². The second-order valence-electron chi connectivity index (χ2n) is 3.93. The molecule has 0 bridgehead atoms. The molecule has 1 aliphatic heterocycles. The van der Waals surface area contributed by atoms with E-state index in [-0.39, 0.29) is 13.2 Å². The first-order valence-corrected chi connectivity index (χ1v) is 5.17. The zero-order valence-corrected chi connectivity index (χ0v) is 9.58. The normalized spacial score (nSPS) is 23.5. The lowest BCUT2D eigenvalue weighted by molar-refractivity contribution is -0.145. The van der Waals surface area contributed by atoms with E-state index in [1.807, 2.05) is 6.92 Å². The fourth-order valence-electron chi connectivity index (χ4n) is 1.47. The van der Waals surface area contributed by atoms with Crippen LogP contribution in [-0.2, 0) is 19.0 Å². The molecule has 1 saturated heterocycles. The van der Waals surface area contributed by atoms with E-state index >= 15 is 0 Å². The van der Waals surface area contributed by atoms with Crippen LogP contribution in [0.3, 0.4) is 0 Å². The Bertz CT molecular complexity index is 309. The predicted octanol–water partition coefficient (Wildman–Crippen LogP) is 1.81. The molecule has 5 nitrogen and oxygen atoms in total. The Morgan fingerprint density at radius 3 is 2.75 bits per heavy atom. The van der Waals surface area contributed by atoms with Crippen molar-refractivity contribution in [2.45, 2.75) is 32.3 Å². The van der Waals surface area contributed by atoms with Crippen molar-refractivity contribution < 1.29 is 23.8 Å². The standard InChI is InChI=1S/C11H16O5/c1-4-5-11(7-15-10(13)16-11)6-14-9(12)8(2)3/h2,4-7H2,1,3H3. The predicted molar refractivity (Wildman–Crippen MR) is 55.8 cm³/mol. The molecule has 0 radical (unpaired) electrons. The molecule has 1 rings (SSSR count). The lowest BCUT2D eigenvalue weighted by Crippen LogP contribution is -2.38. The SMILES string of the molecule is C=C(C)C(=O)OCC1(CCC)COC(=O)O1. The molecule has 1 heterocycles. The van der Waals surface area contributed by atoms with Gasteiger partial charge in [0.25, 0.3) is 0 Å². The maximum absolute atomic E-state index is 11.2. The third-order valence-corrected chi connectivity index (χ3v) is 2.27. The van der Waals surface area contributed by atoms with Gasteiger partial charge in [-0.1, -0.05) is 19.9 Å². The van der Waals surface area contributed by atoms with E-state index in [9.17, 15) is 9.59 Å². The van der Waals surface area contributed by atoms with Gasteiger partial charge in [0, 0.05) is 5.57 Å². The minimum absolute atomic E-state index is 0.0122. The van der Waals surface area contributed by atoms with Crippen molar-refractivity contribution in [1.29, 1.82) is 0 Å². The molecule has 0 spiro atoms. The van der Waals surface area contributed by atoms with Crippen molar-refractivity contribution in [3.05, 3.63) is 12.2 Å². The molecular weight excluding hydrogens is 212 g/mol. The molecule has 90 valence electrons. The maximum Gasteiger partial charge on any atom is 0.509 e. The van der Waals surface area contributed by atoms with Gasteiger partial charge in [0.05, 0.1) is 0 Å². The van der Waals surface area contributed by atoms with E-state index < -0.39 is 17.7 Å². The first kappa shape index (κ1) is 12.5. The summed E-state index contributed by atoms with van der Waals surface area (Å²) in [6, 6.07) is 0. The van der Waals surface area contributed by atoms with Gasteiger partial charge in [0.15, 0.2) is 5.60 Å². The largest absolute Gasteiger partial charge is 0.509 e. The van der Waals surface area contributed by atoms with Gasteiger partial charge in [-0.25, -0.2) is 9.59 Å². The zero-order valence-electron chi connectivity index (χ0n) is 9.58. The average molecular weight is 228 g/mol. The number of carbonyl (C=O) groups excluding carboxylic acids is 2. The van der Waals surface area contributed by atoms with E-state index in [4.69, 9.17) is 14.2 Å². The van der Waals surface area contributed by atoms with Crippen LogP contribution in [0.25, 0.3) is 0 Å². The molecule has 0 aromatic heterocycles. The Morgan fingerprint density at radius 2 is 2.31 bits per heavy atom. The summed E-state index contributed by atoms with van der Waals surface area (Å²) in [6.07, 6.45) is 0.698. The topological polar surface area (TPSA) is 61.8 Å². The second-order valence-corrected chi connectivity index (χ2v) is 3.93. The molecular formula is C11H16O5. The van der Waals surface area contributed by atoms with Crippen molar-refractivity contribution in [1.82, 2.24) is 0 Å². The number of esters is 1. The number of ether oxygens (including phenoxy) is 3. The molecule has 1 aliphatic rings. The maximum atomic E-state index is 11.2. The van der Waals surface area contributed by atoms with Crippen molar-refractivity contribution in [2.24, 2.45) is 0 Å². The molecule has 0 saturated carbocycles. The number of rotatable bonds is 5. The van der Waals surface area contributed by atoms with Crippen LogP contribution < -0.4 is 0 Å². The van der Waals surface area contributed by atoms with Gasteiger partial charge in [-0.2, -0.15) is 0 Å². The molecule has 0 aromatic rings. The number of carbonyl (C=O) groups is 2. The first-order valence-electron chi connectivity index (χ1n) is 5.17. The summed E-state index contributed by atoms with van der Waals surface area (Å²) < 4.78 is 14.8. The fourth-order valence-corrected chi connectivity index (χ4v) is 1.47. The summed E-state index contributed by atoms with van der Waals surface area (Å²) in [5.74, 6) is -0.488. The molecule has 0 aliphatic carbocycles. The summed E-state index contributed by atoms with van der Waals surface area (Å²) in [7, 11) is 0. The van der Waals surface area contributed by atoms with E-state index in [1.54, 1.807) is 6.92 Å². The lowest BCUT2D eigenvalue weighted by atomic mass is 10.0. The summed E-state index contributed by atoms with van der Waals surface area (Å²) in [5.41, 5.74) is -0.506. The Morgan fingerprint density at radius 1 is 1.62 bits per heavy atom. The van der Waals surface area contributed by atoms with Gasteiger partial charge in [0.2, 0.25) is 0 Å². The first-order chi connectivity index (χ1) is 7.49. The van der Waals surface area contributed by atoms with Gasteiger partial charge in [-0.05, 0) is 13.3 Å². The molecule has 0 N–H and O–H groups in total. The van der Waals surface area contributed by atoms with Gasteiger partial charge in [-0.15, -0.1) is 0 Å². The lowest BCUT2D eigenvalue weighted by Gasteiger charge is -2.23. The summed E-state index contributed by atoms with van der Waals surface area (Å²) in [6.45, 7) is 7.13. The van der Waals surface area contributed by atoms with Gasteiger partial charge in [-0.3, -0.25) is 0 Å². The van der Waals surface area contributed by atoms with Crippen molar-refractivity contribution in [3.8, 4) is 0 Å². The van der Waals surface area contributed by atoms with Gasteiger partial charge >= 0.3 is 12.1 Å². The summed E-state index contributed by atoms with van der Waals surface area (Å²) in [5, 5.41) is 0. The van der Waals surface area contributed by atoms with E-state index in [2.05, 4.69) is 6.58 Å². The number of hydrogen-bond acceptors (Lipinski definition) is 5. The summed E-state index contributed by atoms with van der Waals surface area (Å²) in [4.78, 5) is 22.1. The third kappa shape index (κ3) is 2.98. The van der Waals surface area contributed by atoms with Crippen LogP contribution in [0.4, 0.5) is 4.79 Å². The Balaban J connectivity index is 2.55. The number of cyclic esters (lactones) is 2. The van der Waals surface area contributed by atoms with Crippen LogP contribution in [0.2, 0.25) is 0 Å². The quantitative estimate of drug-likeness (QED) is 0.530. The van der Waals surface area contributed by atoms with Crippen LogP contribution in [0, 0.1) is 0 Å². The molecule has 0 aromatic carbocycles. The highest BCUT2D eigenvalue weighted by Crippen LogP contribution is 2.26. The van der Waals surface area contributed by atoms with Crippen molar-refractivity contribution in [2.75, 3.05) is 13.2 Å². The Kier molecular flexibility index (Phi) is 3.93. The molecule has 1 atom stereocenters. The second kappa shape index (κ2) is 5.01. The van der Waals surface area contributed by atoms with Crippen LogP contribution in [0.15, 0.2) is 12.2 Å². The fraction of sp³-hybridized carbons (Fsp3) is 0.636. The van der Waals surface area contributed by atoms with Crippen LogP contribution >= 0.6 is 0 Å². The van der Waals surface area contributed by atoms with Crippen molar-refractivity contribution >= 4 is 12.1 Å². The third-order valence-electron chi connectivity index (χ3n) is 2.27. The zero-order chi connectivity index (χ0) is 12.2. The van der Waals surface area contributed by atoms with Crippen LogP contribution in [0.5, 0.6) is 0 Å². The Hall–Kier alpha value is -1.52. The Labute approximate surface area is 94.4 Å². The average Bonchev–Trinajstić information content (AvgIpc) is 2.58. The number of hydrogen-bond donors (Lipinski definition) is 0. The molecule has 1 unspecified atom stereocenters. The molecule has 0 amide bonds. The highest BCUT2D eigenvalue weighted by molar-refractivity contribution is 5.87.